The zero-order valence-electron chi connectivity index (χ0n) is 17.3. The molecule has 1 aromatic carbocycles. The average molecular weight is 435 g/mol. The Morgan fingerprint density at radius 2 is 1.77 bits per heavy atom. The van der Waals surface area contributed by atoms with E-state index in [2.05, 4.69) is 38.3 Å². The Balaban J connectivity index is 1.44. The van der Waals surface area contributed by atoms with E-state index in [1.165, 1.54) is 0 Å². The lowest BCUT2D eigenvalue weighted by atomic mass is 10.0. The number of hydrogen-bond donors (Lipinski definition) is 1. The fourth-order valence-electron chi connectivity index (χ4n) is 4.30. The molecule has 0 radical (unpaired) electrons. The summed E-state index contributed by atoms with van der Waals surface area (Å²) in [6.45, 7) is 5.26. The number of ether oxygens (including phenoxy) is 1. The van der Waals surface area contributed by atoms with Crippen LogP contribution in [0.1, 0.15) is 23.5 Å². The van der Waals surface area contributed by atoms with Crippen molar-refractivity contribution in [3.63, 3.8) is 0 Å². The Kier molecular flexibility index (Phi) is 5.97. The Morgan fingerprint density at radius 1 is 0.968 bits per heavy atom. The van der Waals surface area contributed by atoms with Crippen LogP contribution < -0.4 is 5.32 Å². The van der Waals surface area contributed by atoms with Crippen LogP contribution in [0.15, 0.2) is 71.3 Å². The summed E-state index contributed by atoms with van der Waals surface area (Å²) >= 11 is 5.76. The Morgan fingerprint density at radius 3 is 2.55 bits per heavy atom. The van der Waals surface area contributed by atoms with Crippen molar-refractivity contribution in [1.82, 2.24) is 20.1 Å². The molecule has 2 saturated heterocycles. The molecule has 0 spiro atoms. The number of thiocarbonyl (C=S) groups is 1. The Hall–Kier alpha value is -2.74. The number of benzene rings is 1. The van der Waals surface area contributed by atoms with Crippen LogP contribution in [0.25, 0.3) is 11.3 Å². The second-order valence-electron chi connectivity index (χ2n) is 7.84. The van der Waals surface area contributed by atoms with E-state index in [1.807, 2.05) is 48.7 Å². The van der Waals surface area contributed by atoms with Gasteiger partial charge in [0, 0.05) is 37.9 Å². The molecule has 4 heterocycles. The molecular formula is C24H26N4O2S. The summed E-state index contributed by atoms with van der Waals surface area (Å²) in [7, 11) is 0. The molecule has 0 amide bonds. The number of hydrogen-bond acceptors (Lipinski definition) is 5. The number of morpholine rings is 1. The smallest absolute Gasteiger partial charge is 0.170 e. The first-order valence-electron chi connectivity index (χ1n) is 10.7. The molecule has 160 valence electrons. The molecule has 2 aliphatic heterocycles. The van der Waals surface area contributed by atoms with Gasteiger partial charge >= 0.3 is 0 Å². The van der Waals surface area contributed by atoms with Gasteiger partial charge in [-0.05, 0) is 36.5 Å². The van der Waals surface area contributed by atoms with Crippen molar-refractivity contribution in [2.75, 3.05) is 39.4 Å². The molecule has 3 aromatic rings. The van der Waals surface area contributed by atoms with Gasteiger partial charge in [-0.1, -0.05) is 36.4 Å². The van der Waals surface area contributed by atoms with Gasteiger partial charge in [0.15, 0.2) is 5.11 Å². The minimum absolute atomic E-state index is 0.0547. The van der Waals surface area contributed by atoms with Crippen LogP contribution in [0.5, 0.6) is 0 Å². The molecule has 2 aromatic heterocycles. The van der Waals surface area contributed by atoms with E-state index in [9.17, 15) is 0 Å². The summed E-state index contributed by atoms with van der Waals surface area (Å²) in [6, 6.07) is 20.2. The van der Waals surface area contributed by atoms with Crippen molar-refractivity contribution in [2.45, 2.75) is 12.1 Å². The van der Waals surface area contributed by atoms with Crippen LogP contribution in [-0.2, 0) is 4.74 Å². The molecule has 0 saturated carbocycles. The van der Waals surface area contributed by atoms with Crippen LogP contribution in [0.2, 0.25) is 0 Å². The number of pyridine rings is 1. The molecular weight excluding hydrogens is 408 g/mol. The van der Waals surface area contributed by atoms with Gasteiger partial charge in [0.05, 0.1) is 24.9 Å². The number of aromatic nitrogens is 1. The van der Waals surface area contributed by atoms with Crippen LogP contribution in [0.3, 0.4) is 0 Å². The molecule has 5 rings (SSSR count). The fraction of sp³-hybridized carbons (Fsp3) is 0.333. The van der Waals surface area contributed by atoms with Crippen molar-refractivity contribution in [2.24, 2.45) is 0 Å². The predicted molar refractivity (Wildman–Crippen MR) is 124 cm³/mol. The minimum Gasteiger partial charge on any atom is -0.459 e. The van der Waals surface area contributed by atoms with Gasteiger partial charge in [-0.25, -0.2) is 0 Å². The van der Waals surface area contributed by atoms with Crippen LogP contribution in [0, 0.1) is 0 Å². The second kappa shape index (κ2) is 9.18. The monoisotopic (exact) mass is 434 g/mol. The molecule has 2 fully saturated rings. The van der Waals surface area contributed by atoms with E-state index in [1.54, 1.807) is 0 Å². The summed E-state index contributed by atoms with van der Waals surface area (Å²) in [5.74, 6) is 1.75. The van der Waals surface area contributed by atoms with Crippen LogP contribution >= 0.6 is 12.2 Å². The summed E-state index contributed by atoms with van der Waals surface area (Å²) < 4.78 is 11.9. The van der Waals surface area contributed by atoms with E-state index < -0.39 is 0 Å². The Labute approximate surface area is 187 Å². The molecule has 2 atom stereocenters. The summed E-state index contributed by atoms with van der Waals surface area (Å²) in [6.07, 6.45) is 1.82. The van der Waals surface area contributed by atoms with Crippen LogP contribution in [0.4, 0.5) is 0 Å². The molecule has 0 bridgehead atoms. The quantitative estimate of drug-likeness (QED) is 0.595. The maximum absolute atomic E-state index is 6.37. The van der Waals surface area contributed by atoms with Crippen molar-refractivity contribution in [3.05, 3.63) is 78.3 Å². The third-order valence-corrected chi connectivity index (χ3v) is 6.29. The topological polar surface area (TPSA) is 53.8 Å². The van der Waals surface area contributed by atoms with Gasteiger partial charge in [0.1, 0.15) is 17.6 Å². The summed E-state index contributed by atoms with van der Waals surface area (Å²) in [5, 5.41) is 4.24. The normalized spacial score (nSPS) is 21.9. The van der Waals surface area contributed by atoms with Crippen LogP contribution in [-0.4, -0.2) is 59.3 Å². The van der Waals surface area contributed by atoms with E-state index >= 15 is 0 Å². The lowest BCUT2D eigenvalue weighted by Gasteiger charge is -2.31. The van der Waals surface area contributed by atoms with Gasteiger partial charge in [-0.3, -0.25) is 9.88 Å². The second-order valence-corrected chi connectivity index (χ2v) is 8.23. The third kappa shape index (κ3) is 4.35. The highest BCUT2D eigenvalue weighted by molar-refractivity contribution is 7.80. The first-order chi connectivity index (χ1) is 15.3. The maximum Gasteiger partial charge on any atom is 0.170 e. The minimum atomic E-state index is -0.0619. The first kappa shape index (κ1) is 20.2. The third-order valence-electron chi connectivity index (χ3n) is 5.94. The standard InChI is InChI=1S/C24H26N4O2S/c31-24-26-22(19-8-4-5-11-25-19)23(28(24)13-12-27-14-16-29-17-15-27)21-10-9-20(30-21)18-6-2-1-3-7-18/h1-11,22-23H,12-17H2,(H,26,31). The average Bonchev–Trinajstić information content (AvgIpc) is 3.44. The molecule has 2 aliphatic rings. The van der Waals surface area contributed by atoms with E-state index in [0.29, 0.717) is 0 Å². The number of nitrogens with zero attached hydrogens (tertiary/aromatic N) is 3. The fourth-order valence-corrected chi connectivity index (χ4v) is 4.63. The highest BCUT2D eigenvalue weighted by Gasteiger charge is 2.41. The highest BCUT2D eigenvalue weighted by atomic mass is 32.1. The predicted octanol–water partition coefficient (Wildman–Crippen LogP) is 3.65. The van der Waals surface area contributed by atoms with Crippen molar-refractivity contribution < 1.29 is 9.15 Å². The maximum atomic E-state index is 6.37. The Bertz CT molecular complexity index is 1000. The van der Waals surface area contributed by atoms with Gasteiger partial charge in [0.25, 0.3) is 0 Å². The zero-order chi connectivity index (χ0) is 21.0. The number of rotatable bonds is 6. The first-order valence-corrected chi connectivity index (χ1v) is 11.1. The highest BCUT2D eigenvalue weighted by Crippen LogP contribution is 2.40. The van der Waals surface area contributed by atoms with Gasteiger partial charge in [-0.2, -0.15) is 0 Å². The number of nitrogens with one attached hydrogen (secondary N) is 1. The van der Waals surface area contributed by atoms with E-state index in [0.717, 1.165) is 67.3 Å². The van der Waals surface area contributed by atoms with Crippen molar-refractivity contribution in [3.8, 4) is 11.3 Å². The lowest BCUT2D eigenvalue weighted by molar-refractivity contribution is 0.0347. The molecule has 0 aliphatic carbocycles. The van der Waals surface area contributed by atoms with Crippen molar-refractivity contribution >= 4 is 17.3 Å². The molecule has 31 heavy (non-hydrogen) atoms. The lowest BCUT2D eigenvalue weighted by Crippen LogP contribution is -2.42. The number of furan rings is 1. The van der Waals surface area contributed by atoms with Gasteiger partial charge in [-0.15, -0.1) is 0 Å². The largest absolute Gasteiger partial charge is 0.459 e. The van der Waals surface area contributed by atoms with E-state index in [4.69, 9.17) is 21.4 Å². The summed E-state index contributed by atoms with van der Waals surface area (Å²) in [4.78, 5) is 9.28. The van der Waals surface area contributed by atoms with E-state index in [-0.39, 0.29) is 12.1 Å². The van der Waals surface area contributed by atoms with Gasteiger partial charge < -0.3 is 19.4 Å². The molecule has 1 N–H and O–H groups in total. The zero-order valence-corrected chi connectivity index (χ0v) is 18.1. The molecule has 2 unspecified atom stereocenters. The molecule has 6 nitrogen and oxygen atoms in total. The summed E-state index contributed by atoms with van der Waals surface area (Å²) in [5.41, 5.74) is 2.03. The SMILES string of the molecule is S=C1NC(c2ccccn2)C(c2ccc(-c3ccccc3)o2)N1CCN1CCOCC1. The van der Waals surface area contributed by atoms with Crippen molar-refractivity contribution in [1.29, 1.82) is 0 Å². The molecule has 7 heteroatoms. The van der Waals surface area contributed by atoms with Gasteiger partial charge in [0.2, 0.25) is 0 Å².